The molecule has 5 heteroatoms. The molecule has 0 saturated carbocycles. The number of halogens is 1. The summed E-state index contributed by atoms with van der Waals surface area (Å²) < 4.78 is 23.3. The van der Waals surface area contributed by atoms with Crippen molar-refractivity contribution in [1.29, 1.82) is 0 Å². The zero-order valence-corrected chi connectivity index (χ0v) is 11.6. The van der Waals surface area contributed by atoms with Crippen molar-refractivity contribution >= 4 is 5.91 Å². The highest BCUT2D eigenvalue weighted by atomic mass is 19.1. The normalized spacial score (nSPS) is 10.0. The van der Waals surface area contributed by atoms with Crippen molar-refractivity contribution < 1.29 is 18.7 Å². The second-order valence-electron chi connectivity index (χ2n) is 4.34. The topological polar surface area (TPSA) is 47.6 Å². The Morgan fingerprint density at radius 2 is 1.76 bits per heavy atom. The number of carbonyl (C=O) groups excluding carboxylic acids is 1. The summed E-state index contributed by atoms with van der Waals surface area (Å²) in [6, 6.07) is 13.1. The maximum atomic E-state index is 12.7. The van der Waals surface area contributed by atoms with Gasteiger partial charge in [-0.3, -0.25) is 4.79 Å². The summed E-state index contributed by atoms with van der Waals surface area (Å²) >= 11 is 0. The summed E-state index contributed by atoms with van der Waals surface area (Å²) in [6.07, 6.45) is 0. The lowest BCUT2D eigenvalue weighted by atomic mass is 10.2. The first-order valence-corrected chi connectivity index (χ1v) is 6.46. The first kappa shape index (κ1) is 14.8. The third-order valence-electron chi connectivity index (χ3n) is 2.83. The van der Waals surface area contributed by atoms with Crippen LogP contribution in [0.2, 0.25) is 0 Å². The molecular weight excluding hydrogens is 273 g/mol. The van der Waals surface area contributed by atoms with Crippen molar-refractivity contribution in [1.82, 2.24) is 5.32 Å². The van der Waals surface area contributed by atoms with Gasteiger partial charge in [-0.15, -0.1) is 0 Å². The van der Waals surface area contributed by atoms with E-state index in [-0.39, 0.29) is 18.3 Å². The molecule has 0 spiro atoms. The van der Waals surface area contributed by atoms with Crippen LogP contribution in [0.4, 0.5) is 4.39 Å². The third-order valence-corrected chi connectivity index (χ3v) is 2.83. The first-order valence-electron chi connectivity index (χ1n) is 6.46. The van der Waals surface area contributed by atoms with Crippen molar-refractivity contribution in [3.8, 4) is 11.5 Å². The van der Waals surface area contributed by atoms with Crippen molar-refractivity contribution in [3.05, 3.63) is 59.9 Å². The summed E-state index contributed by atoms with van der Waals surface area (Å²) in [5, 5.41) is 2.70. The molecule has 0 fully saturated rings. The minimum atomic E-state index is -0.301. The van der Waals surface area contributed by atoms with Gasteiger partial charge in [-0.25, -0.2) is 4.39 Å². The Kier molecular flexibility index (Phi) is 5.15. The second kappa shape index (κ2) is 7.28. The molecule has 2 aromatic rings. The number of nitrogens with one attached hydrogen (secondary N) is 1. The van der Waals surface area contributed by atoms with Crippen molar-refractivity contribution in [2.24, 2.45) is 0 Å². The van der Waals surface area contributed by atoms with Crippen LogP contribution in [0, 0.1) is 5.82 Å². The number of hydrogen-bond donors (Lipinski definition) is 1. The molecule has 21 heavy (non-hydrogen) atoms. The molecule has 0 saturated heterocycles. The number of amides is 1. The van der Waals surface area contributed by atoms with Gasteiger partial charge < -0.3 is 14.8 Å². The highest BCUT2D eigenvalue weighted by Gasteiger charge is 2.06. The van der Waals surface area contributed by atoms with Crippen LogP contribution in [-0.4, -0.2) is 19.6 Å². The Balaban J connectivity index is 1.81. The van der Waals surface area contributed by atoms with Crippen LogP contribution in [0.1, 0.15) is 5.56 Å². The Labute approximate surface area is 122 Å². The van der Waals surface area contributed by atoms with Gasteiger partial charge in [0.1, 0.15) is 5.82 Å². The van der Waals surface area contributed by atoms with E-state index in [0.717, 1.165) is 5.56 Å². The van der Waals surface area contributed by atoms with Crippen molar-refractivity contribution in [2.75, 3.05) is 13.7 Å². The maximum absolute atomic E-state index is 12.7. The lowest BCUT2D eigenvalue weighted by Crippen LogP contribution is -2.28. The van der Waals surface area contributed by atoms with E-state index in [1.165, 1.54) is 19.2 Å². The zero-order valence-electron chi connectivity index (χ0n) is 11.6. The predicted octanol–water partition coefficient (Wildman–Crippen LogP) is 2.53. The number of ether oxygens (including phenoxy) is 2. The van der Waals surface area contributed by atoms with E-state index < -0.39 is 0 Å². The molecule has 0 atom stereocenters. The van der Waals surface area contributed by atoms with Crippen LogP contribution in [-0.2, 0) is 11.3 Å². The van der Waals surface area contributed by atoms with Crippen LogP contribution >= 0.6 is 0 Å². The average molecular weight is 289 g/mol. The molecule has 2 rings (SSSR count). The number of rotatable bonds is 6. The lowest BCUT2D eigenvalue weighted by Gasteiger charge is -2.10. The van der Waals surface area contributed by atoms with E-state index in [4.69, 9.17) is 9.47 Å². The standard InChI is InChI=1S/C16H16FNO3/c1-20-14-4-2-3-5-15(14)21-11-16(19)18-10-12-6-8-13(17)9-7-12/h2-9H,10-11H2,1H3,(H,18,19). The molecule has 0 aromatic heterocycles. The van der Waals surface area contributed by atoms with Crippen molar-refractivity contribution in [2.45, 2.75) is 6.54 Å². The van der Waals surface area contributed by atoms with Gasteiger partial charge in [-0.1, -0.05) is 24.3 Å². The van der Waals surface area contributed by atoms with Crippen molar-refractivity contribution in [3.63, 3.8) is 0 Å². The fourth-order valence-corrected chi connectivity index (χ4v) is 1.74. The Morgan fingerprint density at radius 3 is 2.43 bits per heavy atom. The van der Waals surface area contributed by atoms with E-state index in [2.05, 4.69) is 5.32 Å². The number of methoxy groups -OCH3 is 1. The summed E-state index contributed by atoms with van der Waals surface area (Å²) in [7, 11) is 1.54. The monoisotopic (exact) mass is 289 g/mol. The quantitative estimate of drug-likeness (QED) is 0.889. The van der Waals surface area contributed by atoms with E-state index in [1.54, 1.807) is 30.3 Å². The predicted molar refractivity (Wildman–Crippen MR) is 76.7 cm³/mol. The number of para-hydroxylation sites is 2. The minimum Gasteiger partial charge on any atom is -0.493 e. The van der Waals surface area contributed by atoms with Gasteiger partial charge in [-0.2, -0.15) is 0 Å². The highest BCUT2D eigenvalue weighted by molar-refractivity contribution is 5.77. The second-order valence-corrected chi connectivity index (χ2v) is 4.34. The van der Waals surface area contributed by atoms with Crippen LogP contribution < -0.4 is 14.8 Å². The van der Waals surface area contributed by atoms with Gasteiger partial charge in [-0.05, 0) is 29.8 Å². The van der Waals surface area contributed by atoms with E-state index >= 15 is 0 Å². The number of benzene rings is 2. The van der Waals surface area contributed by atoms with Crippen LogP contribution in [0.3, 0.4) is 0 Å². The average Bonchev–Trinajstić information content (AvgIpc) is 2.52. The zero-order chi connectivity index (χ0) is 15.1. The molecule has 0 aliphatic heterocycles. The van der Waals surface area contributed by atoms with Gasteiger partial charge in [0.05, 0.1) is 7.11 Å². The molecule has 110 valence electrons. The van der Waals surface area contributed by atoms with E-state index in [0.29, 0.717) is 18.0 Å². The summed E-state index contributed by atoms with van der Waals surface area (Å²) in [4.78, 5) is 11.7. The smallest absolute Gasteiger partial charge is 0.258 e. The maximum Gasteiger partial charge on any atom is 0.258 e. The van der Waals surface area contributed by atoms with Crippen LogP contribution in [0.25, 0.3) is 0 Å². The molecule has 1 amide bonds. The highest BCUT2D eigenvalue weighted by Crippen LogP contribution is 2.25. The number of carbonyl (C=O) groups is 1. The summed E-state index contributed by atoms with van der Waals surface area (Å²) in [5.41, 5.74) is 0.821. The SMILES string of the molecule is COc1ccccc1OCC(=O)NCc1ccc(F)cc1. The molecule has 0 unspecified atom stereocenters. The molecule has 2 aromatic carbocycles. The fourth-order valence-electron chi connectivity index (χ4n) is 1.74. The molecule has 1 N–H and O–H groups in total. The summed E-state index contributed by atoms with van der Waals surface area (Å²) in [5.74, 6) is 0.524. The van der Waals surface area contributed by atoms with Gasteiger partial charge in [0, 0.05) is 6.54 Å². The van der Waals surface area contributed by atoms with Gasteiger partial charge in [0.25, 0.3) is 5.91 Å². The Morgan fingerprint density at radius 1 is 1.10 bits per heavy atom. The van der Waals surface area contributed by atoms with Gasteiger partial charge >= 0.3 is 0 Å². The molecule has 0 heterocycles. The van der Waals surface area contributed by atoms with Gasteiger partial charge in [0.2, 0.25) is 0 Å². The molecule has 0 bridgehead atoms. The summed E-state index contributed by atoms with van der Waals surface area (Å²) in [6.45, 7) is 0.218. The largest absolute Gasteiger partial charge is 0.493 e. The molecule has 0 radical (unpaired) electrons. The molecule has 0 aliphatic rings. The fraction of sp³-hybridized carbons (Fsp3) is 0.188. The molecule has 0 aliphatic carbocycles. The van der Waals surface area contributed by atoms with Crippen LogP contribution in [0.15, 0.2) is 48.5 Å². The van der Waals surface area contributed by atoms with Crippen LogP contribution in [0.5, 0.6) is 11.5 Å². The number of hydrogen-bond acceptors (Lipinski definition) is 3. The Bertz CT molecular complexity index is 599. The third kappa shape index (κ3) is 4.49. The minimum absolute atomic E-state index is 0.110. The first-order chi connectivity index (χ1) is 10.2. The molecular formula is C16H16FNO3. The van der Waals surface area contributed by atoms with E-state index in [9.17, 15) is 9.18 Å². The van der Waals surface area contributed by atoms with Gasteiger partial charge in [0.15, 0.2) is 18.1 Å². The molecule has 4 nitrogen and oxygen atoms in total. The van der Waals surface area contributed by atoms with E-state index in [1.807, 2.05) is 6.07 Å². The Hall–Kier alpha value is -2.56. The lowest BCUT2D eigenvalue weighted by molar-refractivity contribution is -0.123.